The zero-order valence-electron chi connectivity index (χ0n) is 15.4. The van der Waals surface area contributed by atoms with E-state index in [1.54, 1.807) is 0 Å². The van der Waals surface area contributed by atoms with Crippen LogP contribution in [0.1, 0.15) is 31.2 Å². The maximum atomic E-state index is 11.9. The van der Waals surface area contributed by atoms with Crippen molar-refractivity contribution >= 4 is 11.5 Å². The quantitative estimate of drug-likeness (QED) is 0.831. The molecule has 27 heavy (non-hydrogen) atoms. The number of rotatable bonds is 2. The molecular weight excluding hydrogens is 340 g/mol. The average molecular weight is 365 g/mol. The van der Waals surface area contributed by atoms with Crippen LogP contribution in [0.5, 0.6) is 11.5 Å². The molecular formula is C22H25N2O3+. The Morgan fingerprint density at radius 1 is 0.926 bits per heavy atom. The maximum Gasteiger partial charge on any atom is 0.275 e. The molecule has 2 aromatic carbocycles. The van der Waals surface area contributed by atoms with E-state index in [9.17, 15) is 5.11 Å². The van der Waals surface area contributed by atoms with E-state index in [1.807, 2.05) is 48.5 Å². The summed E-state index contributed by atoms with van der Waals surface area (Å²) in [6, 6.07) is 16.0. The van der Waals surface area contributed by atoms with Gasteiger partial charge in [0, 0.05) is 18.1 Å². The molecule has 0 bridgehead atoms. The molecule has 0 aromatic heterocycles. The zero-order valence-corrected chi connectivity index (χ0v) is 15.4. The van der Waals surface area contributed by atoms with Crippen molar-refractivity contribution in [2.75, 3.05) is 31.2 Å². The lowest BCUT2D eigenvalue weighted by Gasteiger charge is -2.30. The van der Waals surface area contributed by atoms with Gasteiger partial charge in [-0.25, -0.2) is 0 Å². The van der Waals surface area contributed by atoms with Crippen molar-refractivity contribution in [1.29, 1.82) is 0 Å². The van der Waals surface area contributed by atoms with Crippen molar-refractivity contribution in [3.8, 4) is 11.5 Å². The number of aliphatic hydroxyl groups is 1. The summed E-state index contributed by atoms with van der Waals surface area (Å²) in [6.45, 7) is 2.71. The van der Waals surface area contributed by atoms with Crippen LogP contribution in [0, 0.1) is 0 Å². The zero-order chi connectivity index (χ0) is 18.3. The first-order valence-electron chi connectivity index (χ1n) is 9.84. The molecule has 2 aromatic rings. The molecule has 3 aliphatic heterocycles. The molecule has 0 saturated heterocycles. The summed E-state index contributed by atoms with van der Waals surface area (Å²) in [5.41, 5.74) is 0.781. The van der Waals surface area contributed by atoms with Gasteiger partial charge in [0.1, 0.15) is 18.9 Å². The number of anilines is 1. The first-order chi connectivity index (χ1) is 13.3. The molecule has 0 spiro atoms. The molecule has 0 amide bonds. The highest BCUT2D eigenvalue weighted by Gasteiger charge is 2.54. The maximum absolute atomic E-state index is 11.9. The number of fused-ring (bicyclic) bond motifs is 1. The minimum absolute atomic E-state index is 0.558. The van der Waals surface area contributed by atoms with Crippen LogP contribution in [0.2, 0.25) is 0 Å². The Balaban J connectivity index is 1.63. The van der Waals surface area contributed by atoms with E-state index in [1.165, 1.54) is 18.7 Å². The topological polar surface area (TPSA) is 44.9 Å². The predicted octanol–water partition coefficient (Wildman–Crippen LogP) is 3.11. The van der Waals surface area contributed by atoms with Gasteiger partial charge in [0.25, 0.3) is 11.6 Å². The van der Waals surface area contributed by atoms with Crippen molar-refractivity contribution in [3.05, 3.63) is 54.1 Å². The largest absolute Gasteiger partial charge is 0.486 e. The second kappa shape index (κ2) is 6.57. The standard InChI is InChI=1S/C22H25N2O3/c25-22(17-7-3-1-4-8-17)16-23-12-6-2-5-9-21(23)24(22)18-10-11-19-20(15-18)27-14-13-26-19/h1,3-4,7-8,10-11,15,25H,2,5-6,9,12-14,16H2/q+1/t22-/m1/s1. The first kappa shape index (κ1) is 16.6. The Bertz CT molecular complexity index is 880. The summed E-state index contributed by atoms with van der Waals surface area (Å²) >= 11 is 0. The predicted molar refractivity (Wildman–Crippen MR) is 104 cm³/mol. The third-order valence-electron chi connectivity index (χ3n) is 5.75. The van der Waals surface area contributed by atoms with Crippen molar-refractivity contribution < 1.29 is 19.2 Å². The lowest BCUT2D eigenvalue weighted by molar-refractivity contribution is -0.534. The first-order valence-corrected chi connectivity index (χ1v) is 9.84. The average Bonchev–Trinajstić information content (AvgIpc) is 2.84. The van der Waals surface area contributed by atoms with Crippen LogP contribution < -0.4 is 14.4 Å². The molecule has 3 aliphatic rings. The van der Waals surface area contributed by atoms with Gasteiger partial charge in [-0.1, -0.05) is 30.3 Å². The monoisotopic (exact) mass is 365 g/mol. The molecule has 5 rings (SSSR count). The SMILES string of the molecule is O[C@@]1(c2ccccc2)C[N+]2=C(CCCCC2)N1c1ccc2c(c1)OCCO2. The second-order valence-corrected chi connectivity index (χ2v) is 7.49. The van der Waals surface area contributed by atoms with Crippen molar-refractivity contribution in [3.63, 3.8) is 0 Å². The van der Waals surface area contributed by atoms with E-state index in [4.69, 9.17) is 9.47 Å². The molecule has 0 saturated carbocycles. The van der Waals surface area contributed by atoms with Gasteiger partial charge in [-0.3, -0.25) is 4.58 Å². The van der Waals surface area contributed by atoms with Crippen molar-refractivity contribution in [2.45, 2.75) is 31.4 Å². The highest BCUT2D eigenvalue weighted by atomic mass is 16.6. The molecule has 140 valence electrons. The fourth-order valence-electron chi connectivity index (χ4n) is 4.48. The molecule has 0 fully saturated rings. The normalized spacial score (nSPS) is 24.6. The molecule has 0 aliphatic carbocycles. The minimum atomic E-state index is -1.09. The Morgan fingerprint density at radius 2 is 1.74 bits per heavy atom. The van der Waals surface area contributed by atoms with E-state index >= 15 is 0 Å². The van der Waals surface area contributed by atoms with Crippen LogP contribution in [0.4, 0.5) is 5.69 Å². The lowest BCUT2D eigenvalue weighted by Crippen LogP contribution is -2.47. The third kappa shape index (κ3) is 2.77. The fourth-order valence-corrected chi connectivity index (χ4v) is 4.48. The van der Waals surface area contributed by atoms with E-state index < -0.39 is 5.72 Å². The second-order valence-electron chi connectivity index (χ2n) is 7.49. The summed E-state index contributed by atoms with van der Waals surface area (Å²) in [5, 5.41) is 11.9. The number of ether oxygens (including phenoxy) is 2. The van der Waals surface area contributed by atoms with Gasteiger partial charge in [0.2, 0.25) is 0 Å². The summed E-state index contributed by atoms with van der Waals surface area (Å²) < 4.78 is 13.8. The molecule has 5 heteroatoms. The van der Waals surface area contributed by atoms with Crippen molar-refractivity contribution in [2.24, 2.45) is 0 Å². The molecule has 1 atom stereocenters. The molecule has 5 nitrogen and oxygen atoms in total. The summed E-state index contributed by atoms with van der Waals surface area (Å²) in [5.74, 6) is 2.73. The Kier molecular flexibility index (Phi) is 4.05. The molecule has 0 radical (unpaired) electrons. The summed E-state index contributed by atoms with van der Waals surface area (Å²) in [4.78, 5) is 2.12. The number of benzene rings is 2. The van der Waals surface area contributed by atoms with Gasteiger partial charge in [-0.05, 0) is 31.4 Å². The fraction of sp³-hybridized carbons (Fsp3) is 0.409. The van der Waals surface area contributed by atoms with Gasteiger partial charge in [0.05, 0.1) is 6.54 Å². The van der Waals surface area contributed by atoms with Crippen LogP contribution in [0.25, 0.3) is 0 Å². The Labute approximate surface area is 159 Å². The minimum Gasteiger partial charge on any atom is -0.486 e. The smallest absolute Gasteiger partial charge is 0.275 e. The third-order valence-corrected chi connectivity index (χ3v) is 5.75. The van der Waals surface area contributed by atoms with Crippen LogP contribution in [-0.4, -0.2) is 41.8 Å². The Hall–Kier alpha value is -2.53. The highest BCUT2D eigenvalue weighted by molar-refractivity contribution is 5.97. The lowest BCUT2D eigenvalue weighted by atomic mass is 10.00. The van der Waals surface area contributed by atoms with Gasteiger partial charge >= 0.3 is 0 Å². The van der Waals surface area contributed by atoms with Crippen molar-refractivity contribution in [1.82, 2.24) is 0 Å². The van der Waals surface area contributed by atoms with Gasteiger partial charge in [0.15, 0.2) is 18.0 Å². The number of amidine groups is 1. The molecule has 0 unspecified atom stereocenters. The Morgan fingerprint density at radius 3 is 2.59 bits per heavy atom. The van der Waals surface area contributed by atoms with Crippen LogP contribution >= 0.6 is 0 Å². The summed E-state index contributed by atoms with van der Waals surface area (Å²) in [7, 11) is 0. The van der Waals surface area contributed by atoms with E-state index in [-0.39, 0.29) is 0 Å². The molecule has 3 heterocycles. The number of hydrogen-bond acceptors (Lipinski definition) is 4. The van der Waals surface area contributed by atoms with E-state index in [2.05, 4.69) is 9.48 Å². The molecule has 1 N–H and O–H groups in total. The van der Waals surface area contributed by atoms with Gasteiger partial charge in [-0.15, -0.1) is 0 Å². The van der Waals surface area contributed by atoms with Crippen LogP contribution in [0.3, 0.4) is 0 Å². The number of nitrogens with zero attached hydrogens (tertiary/aromatic N) is 2. The number of hydrogen-bond donors (Lipinski definition) is 1. The van der Waals surface area contributed by atoms with Crippen LogP contribution in [-0.2, 0) is 5.72 Å². The van der Waals surface area contributed by atoms with Gasteiger partial charge < -0.3 is 14.6 Å². The summed E-state index contributed by atoms with van der Waals surface area (Å²) in [6.07, 6.45) is 4.53. The van der Waals surface area contributed by atoms with Crippen LogP contribution in [0.15, 0.2) is 48.5 Å². The highest BCUT2D eigenvalue weighted by Crippen LogP contribution is 2.41. The van der Waals surface area contributed by atoms with E-state index in [0.29, 0.717) is 19.8 Å². The van der Waals surface area contributed by atoms with Gasteiger partial charge in [-0.2, -0.15) is 4.90 Å². The van der Waals surface area contributed by atoms with E-state index in [0.717, 1.165) is 42.1 Å².